The van der Waals surface area contributed by atoms with Gasteiger partial charge in [-0.25, -0.2) is 0 Å². The van der Waals surface area contributed by atoms with Gasteiger partial charge in [0.15, 0.2) is 0 Å². The van der Waals surface area contributed by atoms with Crippen LogP contribution in [-0.2, 0) is 12.7 Å². The van der Waals surface area contributed by atoms with Crippen LogP contribution < -0.4 is 5.73 Å². The van der Waals surface area contributed by atoms with Gasteiger partial charge in [0.1, 0.15) is 0 Å². The maximum absolute atomic E-state index is 13.0. The Morgan fingerprint density at radius 1 is 1.14 bits per heavy atom. The minimum atomic E-state index is -4.28. The Morgan fingerprint density at radius 3 is 2.62 bits per heavy atom. The molecule has 0 aromatic heterocycles. The molecule has 0 amide bonds. The Bertz CT molecular complexity index is 501. The summed E-state index contributed by atoms with van der Waals surface area (Å²) >= 11 is 0. The van der Waals surface area contributed by atoms with Crippen molar-refractivity contribution in [1.82, 2.24) is 4.90 Å². The molecule has 1 saturated carbocycles. The fourth-order valence-electron chi connectivity index (χ4n) is 3.91. The van der Waals surface area contributed by atoms with E-state index in [4.69, 9.17) is 5.73 Å². The third kappa shape index (κ3) is 3.09. The highest BCUT2D eigenvalue weighted by atomic mass is 19.4. The number of nitrogens with two attached hydrogens (primary N) is 1. The van der Waals surface area contributed by atoms with Crippen LogP contribution in [0.4, 0.5) is 13.2 Å². The summed E-state index contributed by atoms with van der Waals surface area (Å²) in [6, 6.07) is 6.10. The Balaban J connectivity index is 1.74. The molecule has 2 N–H and O–H groups in total. The standard InChI is InChI=1S/C16H21F3N2/c17-16(18,19)14-6-2-1-4-12(14)9-21-8-11-5-3-7-15(20)13(11)10-21/h1-2,4,6,11,13,15H,3,5,7-10,20H2. The highest BCUT2D eigenvalue weighted by Crippen LogP contribution is 2.37. The quantitative estimate of drug-likeness (QED) is 0.908. The Morgan fingerprint density at radius 2 is 1.90 bits per heavy atom. The van der Waals surface area contributed by atoms with Gasteiger partial charge in [0, 0.05) is 25.7 Å². The van der Waals surface area contributed by atoms with Crippen molar-refractivity contribution < 1.29 is 13.2 Å². The Labute approximate surface area is 123 Å². The molecule has 0 radical (unpaired) electrons. The van der Waals surface area contributed by atoms with Gasteiger partial charge in [-0.2, -0.15) is 13.2 Å². The molecule has 2 aliphatic rings. The second kappa shape index (κ2) is 5.61. The molecule has 0 spiro atoms. The average molecular weight is 298 g/mol. The van der Waals surface area contributed by atoms with E-state index in [1.165, 1.54) is 12.1 Å². The number of alkyl halides is 3. The number of hydrogen-bond donors (Lipinski definition) is 1. The van der Waals surface area contributed by atoms with Crippen LogP contribution in [-0.4, -0.2) is 24.0 Å². The van der Waals surface area contributed by atoms with Crippen molar-refractivity contribution in [2.45, 2.75) is 38.0 Å². The number of likely N-dealkylation sites (tertiary alicyclic amines) is 1. The number of hydrogen-bond acceptors (Lipinski definition) is 2. The SMILES string of the molecule is NC1CCCC2CN(Cc3ccccc3C(F)(F)F)CC12. The molecule has 0 bridgehead atoms. The topological polar surface area (TPSA) is 29.3 Å². The van der Waals surface area contributed by atoms with E-state index >= 15 is 0 Å². The van der Waals surface area contributed by atoms with E-state index in [-0.39, 0.29) is 6.04 Å². The zero-order valence-electron chi connectivity index (χ0n) is 11.9. The lowest BCUT2D eigenvalue weighted by molar-refractivity contribution is -0.138. The van der Waals surface area contributed by atoms with Gasteiger partial charge in [0.25, 0.3) is 0 Å². The summed E-state index contributed by atoms with van der Waals surface area (Å²) in [5.41, 5.74) is 6.03. The van der Waals surface area contributed by atoms with Crippen LogP contribution in [0.25, 0.3) is 0 Å². The van der Waals surface area contributed by atoms with Gasteiger partial charge >= 0.3 is 6.18 Å². The summed E-state index contributed by atoms with van der Waals surface area (Å²) in [7, 11) is 0. The third-order valence-electron chi connectivity index (χ3n) is 4.95. The molecular weight excluding hydrogens is 277 g/mol. The van der Waals surface area contributed by atoms with Gasteiger partial charge in [0.05, 0.1) is 5.56 Å². The normalized spacial score (nSPS) is 30.4. The second-order valence-electron chi connectivity index (χ2n) is 6.37. The van der Waals surface area contributed by atoms with Gasteiger partial charge in [-0.15, -0.1) is 0 Å². The fourth-order valence-corrected chi connectivity index (χ4v) is 3.91. The maximum Gasteiger partial charge on any atom is 0.416 e. The molecule has 1 saturated heterocycles. The average Bonchev–Trinajstić information content (AvgIpc) is 2.82. The highest BCUT2D eigenvalue weighted by molar-refractivity contribution is 5.29. The van der Waals surface area contributed by atoms with Crippen LogP contribution in [0, 0.1) is 11.8 Å². The summed E-state index contributed by atoms with van der Waals surface area (Å²) < 4.78 is 39.1. The van der Waals surface area contributed by atoms with Crippen LogP contribution >= 0.6 is 0 Å². The molecule has 3 atom stereocenters. The molecule has 3 rings (SSSR count). The summed E-state index contributed by atoms with van der Waals surface area (Å²) in [4.78, 5) is 2.14. The Kier molecular flexibility index (Phi) is 3.97. The lowest BCUT2D eigenvalue weighted by Gasteiger charge is -2.29. The predicted molar refractivity (Wildman–Crippen MR) is 75.5 cm³/mol. The monoisotopic (exact) mass is 298 g/mol. The predicted octanol–water partition coefficient (Wildman–Crippen LogP) is 3.26. The van der Waals surface area contributed by atoms with Crippen molar-refractivity contribution >= 4 is 0 Å². The van der Waals surface area contributed by atoms with Gasteiger partial charge in [0.2, 0.25) is 0 Å². The van der Waals surface area contributed by atoms with E-state index in [1.54, 1.807) is 12.1 Å². The van der Waals surface area contributed by atoms with Gasteiger partial charge in [-0.05, 0) is 36.3 Å². The molecule has 21 heavy (non-hydrogen) atoms. The molecule has 1 aliphatic carbocycles. The van der Waals surface area contributed by atoms with Crippen molar-refractivity contribution in [2.75, 3.05) is 13.1 Å². The Hall–Kier alpha value is -1.07. The molecule has 1 aliphatic heterocycles. The molecule has 3 unspecified atom stereocenters. The van der Waals surface area contributed by atoms with Crippen LogP contribution in [0.3, 0.4) is 0 Å². The lowest BCUT2D eigenvalue weighted by Crippen LogP contribution is -2.38. The van der Waals surface area contributed by atoms with Crippen LogP contribution in [0.2, 0.25) is 0 Å². The zero-order valence-corrected chi connectivity index (χ0v) is 11.9. The number of benzene rings is 1. The molecule has 5 heteroatoms. The van der Waals surface area contributed by atoms with Gasteiger partial charge in [-0.3, -0.25) is 4.90 Å². The first-order valence-electron chi connectivity index (χ1n) is 7.58. The molecule has 1 heterocycles. The van der Waals surface area contributed by atoms with E-state index < -0.39 is 11.7 Å². The van der Waals surface area contributed by atoms with E-state index in [2.05, 4.69) is 4.90 Å². The van der Waals surface area contributed by atoms with E-state index in [0.717, 1.165) is 32.4 Å². The van der Waals surface area contributed by atoms with E-state index in [9.17, 15) is 13.2 Å². The minimum absolute atomic E-state index is 0.214. The van der Waals surface area contributed by atoms with E-state index in [0.29, 0.717) is 23.9 Å². The number of fused-ring (bicyclic) bond motifs is 1. The van der Waals surface area contributed by atoms with E-state index in [1.807, 2.05) is 0 Å². The third-order valence-corrected chi connectivity index (χ3v) is 4.95. The molecule has 2 nitrogen and oxygen atoms in total. The zero-order chi connectivity index (χ0) is 15.0. The smallest absolute Gasteiger partial charge is 0.327 e. The summed E-state index contributed by atoms with van der Waals surface area (Å²) in [5, 5.41) is 0. The minimum Gasteiger partial charge on any atom is -0.327 e. The summed E-state index contributed by atoms with van der Waals surface area (Å²) in [5.74, 6) is 1.02. The number of rotatable bonds is 2. The van der Waals surface area contributed by atoms with Crippen LogP contribution in [0.15, 0.2) is 24.3 Å². The van der Waals surface area contributed by atoms with Crippen molar-refractivity contribution in [1.29, 1.82) is 0 Å². The van der Waals surface area contributed by atoms with Gasteiger partial charge < -0.3 is 5.73 Å². The molecule has 1 aromatic rings. The van der Waals surface area contributed by atoms with Crippen LogP contribution in [0.1, 0.15) is 30.4 Å². The molecule has 116 valence electrons. The largest absolute Gasteiger partial charge is 0.416 e. The first-order valence-corrected chi connectivity index (χ1v) is 7.58. The number of halogens is 3. The fraction of sp³-hybridized carbons (Fsp3) is 0.625. The molecule has 1 aromatic carbocycles. The second-order valence-corrected chi connectivity index (χ2v) is 6.37. The van der Waals surface area contributed by atoms with Crippen molar-refractivity contribution in [3.8, 4) is 0 Å². The van der Waals surface area contributed by atoms with Crippen LogP contribution in [0.5, 0.6) is 0 Å². The van der Waals surface area contributed by atoms with Crippen molar-refractivity contribution in [3.63, 3.8) is 0 Å². The molecule has 2 fully saturated rings. The number of nitrogens with zero attached hydrogens (tertiary/aromatic N) is 1. The maximum atomic E-state index is 13.0. The summed E-state index contributed by atoms with van der Waals surface area (Å²) in [6.07, 6.45) is -0.918. The van der Waals surface area contributed by atoms with Gasteiger partial charge in [-0.1, -0.05) is 24.6 Å². The van der Waals surface area contributed by atoms with Crippen molar-refractivity contribution in [3.05, 3.63) is 35.4 Å². The highest BCUT2D eigenvalue weighted by Gasteiger charge is 2.39. The first kappa shape index (κ1) is 14.9. The first-order chi connectivity index (χ1) is 9.95. The summed E-state index contributed by atoms with van der Waals surface area (Å²) in [6.45, 7) is 2.08. The lowest BCUT2D eigenvalue weighted by atomic mass is 9.78. The molecular formula is C16H21F3N2. The van der Waals surface area contributed by atoms with Crippen molar-refractivity contribution in [2.24, 2.45) is 17.6 Å².